The maximum absolute atomic E-state index is 14.4. The summed E-state index contributed by atoms with van der Waals surface area (Å²) in [5, 5.41) is 0. The minimum absolute atomic E-state index is 0.117. The average Bonchev–Trinajstić information content (AvgIpc) is 2.49. The molecule has 0 aliphatic carbocycles. The third kappa shape index (κ3) is 4.32. The quantitative estimate of drug-likeness (QED) is 0.712. The van der Waals surface area contributed by atoms with Gasteiger partial charge in [0, 0.05) is 7.11 Å². The molecule has 0 saturated heterocycles. The first-order chi connectivity index (χ1) is 10.8. The summed E-state index contributed by atoms with van der Waals surface area (Å²) in [5.41, 5.74) is 3.19. The van der Waals surface area contributed by atoms with Gasteiger partial charge >= 0.3 is 0 Å². The minimum Gasteiger partial charge on any atom is -0.491 e. The van der Waals surface area contributed by atoms with Crippen LogP contribution in [0.15, 0.2) is 36.4 Å². The Labute approximate surface area is 138 Å². The molecule has 0 bridgehead atoms. The second-order valence-corrected chi connectivity index (χ2v) is 6.77. The summed E-state index contributed by atoms with van der Waals surface area (Å²) in [6, 6.07) is 11.7. The number of methoxy groups -OCH3 is 1. The molecule has 0 amide bonds. The summed E-state index contributed by atoms with van der Waals surface area (Å²) in [6.07, 6.45) is 0. The first-order valence-electron chi connectivity index (χ1n) is 7.85. The van der Waals surface area contributed by atoms with Gasteiger partial charge in [0.1, 0.15) is 18.2 Å². The van der Waals surface area contributed by atoms with Crippen molar-refractivity contribution in [3.8, 4) is 16.9 Å². The Kier molecular flexibility index (Phi) is 5.42. The summed E-state index contributed by atoms with van der Waals surface area (Å²) < 4.78 is 25.1. The van der Waals surface area contributed by atoms with E-state index < -0.39 is 0 Å². The van der Waals surface area contributed by atoms with Gasteiger partial charge in [-0.3, -0.25) is 0 Å². The lowest BCUT2D eigenvalue weighted by Gasteiger charge is -2.22. The number of rotatable bonds is 5. The summed E-state index contributed by atoms with van der Waals surface area (Å²) in [4.78, 5) is 0. The Bertz CT molecular complexity index is 672. The molecule has 0 fully saturated rings. The first-order valence-corrected chi connectivity index (χ1v) is 7.85. The number of hydrogen-bond acceptors (Lipinski definition) is 2. The Balaban J connectivity index is 2.39. The lowest BCUT2D eigenvalue weighted by Crippen LogP contribution is -2.14. The second kappa shape index (κ2) is 7.14. The molecule has 0 aromatic heterocycles. The van der Waals surface area contributed by atoms with Gasteiger partial charge in [0.2, 0.25) is 0 Å². The molecule has 0 radical (unpaired) electrons. The molecule has 23 heavy (non-hydrogen) atoms. The van der Waals surface area contributed by atoms with Crippen molar-refractivity contribution in [3.05, 3.63) is 53.3 Å². The molecule has 0 heterocycles. The molecule has 124 valence electrons. The van der Waals surface area contributed by atoms with Crippen LogP contribution in [0.5, 0.6) is 5.75 Å². The van der Waals surface area contributed by atoms with Crippen LogP contribution in [0.3, 0.4) is 0 Å². The third-order valence-electron chi connectivity index (χ3n) is 3.79. The first kappa shape index (κ1) is 17.5. The Morgan fingerprint density at radius 2 is 1.74 bits per heavy atom. The van der Waals surface area contributed by atoms with Crippen LogP contribution in [0.4, 0.5) is 4.39 Å². The van der Waals surface area contributed by atoms with Gasteiger partial charge in [-0.15, -0.1) is 0 Å². The van der Waals surface area contributed by atoms with E-state index in [4.69, 9.17) is 9.47 Å². The van der Waals surface area contributed by atoms with E-state index in [0.29, 0.717) is 18.8 Å². The summed E-state index contributed by atoms with van der Waals surface area (Å²) in [6.45, 7) is 8.95. The van der Waals surface area contributed by atoms with Crippen molar-refractivity contribution in [3.63, 3.8) is 0 Å². The van der Waals surface area contributed by atoms with Gasteiger partial charge in [-0.1, -0.05) is 32.9 Å². The van der Waals surface area contributed by atoms with Gasteiger partial charge in [-0.2, -0.15) is 0 Å². The summed E-state index contributed by atoms with van der Waals surface area (Å²) in [5.74, 6) is 0.674. The van der Waals surface area contributed by atoms with Crippen LogP contribution in [-0.4, -0.2) is 20.3 Å². The zero-order valence-electron chi connectivity index (χ0n) is 14.6. The number of ether oxygens (including phenoxy) is 2. The highest BCUT2D eigenvalue weighted by Crippen LogP contribution is 2.33. The molecule has 0 aliphatic rings. The molecule has 0 saturated carbocycles. The van der Waals surface area contributed by atoms with E-state index in [-0.39, 0.29) is 11.2 Å². The third-order valence-corrected chi connectivity index (χ3v) is 3.79. The zero-order valence-corrected chi connectivity index (χ0v) is 14.6. The topological polar surface area (TPSA) is 18.5 Å². The monoisotopic (exact) mass is 316 g/mol. The molecule has 0 spiro atoms. The molecule has 2 aromatic rings. The van der Waals surface area contributed by atoms with Crippen LogP contribution < -0.4 is 4.74 Å². The standard InChI is InChI=1S/C20H25FO2/c1-14-11-16(13-18(19(14)21)20(2,3)4)15-7-6-8-17(12-15)23-10-9-22-5/h6-8,11-13H,9-10H2,1-5H3. The predicted octanol–water partition coefficient (Wildman–Crippen LogP) is 5.12. The van der Waals surface area contributed by atoms with E-state index in [9.17, 15) is 4.39 Å². The lowest BCUT2D eigenvalue weighted by molar-refractivity contribution is 0.146. The molecule has 0 aliphatic heterocycles. The largest absolute Gasteiger partial charge is 0.491 e. The fourth-order valence-electron chi connectivity index (χ4n) is 2.49. The SMILES string of the molecule is COCCOc1cccc(-c2cc(C)c(F)c(C(C)(C)C)c2)c1. The Morgan fingerprint density at radius 3 is 2.39 bits per heavy atom. The average molecular weight is 316 g/mol. The van der Waals surface area contributed by atoms with E-state index in [1.165, 1.54) is 0 Å². The van der Waals surface area contributed by atoms with E-state index in [1.807, 2.05) is 64.1 Å². The van der Waals surface area contributed by atoms with Crippen molar-refractivity contribution in [2.24, 2.45) is 0 Å². The van der Waals surface area contributed by atoms with Crippen molar-refractivity contribution in [2.75, 3.05) is 20.3 Å². The molecular formula is C20H25FO2. The zero-order chi connectivity index (χ0) is 17.0. The highest BCUT2D eigenvalue weighted by Gasteiger charge is 2.21. The lowest BCUT2D eigenvalue weighted by atomic mass is 9.83. The number of aryl methyl sites for hydroxylation is 1. The van der Waals surface area contributed by atoms with Gasteiger partial charge in [0.25, 0.3) is 0 Å². The highest BCUT2D eigenvalue weighted by atomic mass is 19.1. The van der Waals surface area contributed by atoms with Crippen LogP contribution in [0.25, 0.3) is 11.1 Å². The molecule has 3 heteroatoms. The minimum atomic E-state index is -0.239. The smallest absolute Gasteiger partial charge is 0.129 e. The molecule has 2 aromatic carbocycles. The maximum Gasteiger partial charge on any atom is 0.129 e. The fraction of sp³-hybridized carbons (Fsp3) is 0.400. The summed E-state index contributed by atoms with van der Waals surface area (Å²) >= 11 is 0. The fourth-order valence-corrected chi connectivity index (χ4v) is 2.49. The van der Waals surface area contributed by atoms with E-state index >= 15 is 0 Å². The van der Waals surface area contributed by atoms with Crippen molar-refractivity contribution in [1.82, 2.24) is 0 Å². The van der Waals surface area contributed by atoms with Gasteiger partial charge in [-0.05, 0) is 58.9 Å². The molecule has 0 unspecified atom stereocenters. The van der Waals surface area contributed by atoms with Gasteiger partial charge in [0.05, 0.1) is 6.61 Å². The number of hydrogen-bond donors (Lipinski definition) is 0. The van der Waals surface area contributed by atoms with Crippen LogP contribution in [-0.2, 0) is 10.2 Å². The van der Waals surface area contributed by atoms with E-state index in [1.54, 1.807) is 7.11 Å². The second-order valence-electron chi connectivity index (χ2n) is 6.77. The van der Waals surface area contributed by atoms with Crippen LogP contribution in [0, 0.1) is 12.7 Å². The van der Waals surface area contributed by atoms with Crippen molar-refractivity contribution < 1.29 is 13.9 Å². The van der Waals surface area contributed by atoms with Crippen molar-refractivity contribution >= 4 is 0 Å². The number of halogens is 1. The summed E-state index contributed by atoms with van der Waals surface area (Å²) in [7, 11) is 1.65. The van der Waals surface area contributed by atoms with Crippen LogP contribution >= 0.6 is 0 Å². The molecule has 0 N–H and O–H groups in total. The van der Waals surface area contributed by atoms with Gasteiger partial charge < -0.3 is 9.47 Å². The maximum atomic E-state index is 14.4. The molecule has 2 rings (SSSR count). The van der Waals surface area contributed by atoms with Crippen molar-refractivity contribution in [2.45, 2.75) is 33.1 Å². The predicted molar refractivity (Wildman–Crippen MR) is 92.6 cm³/mol. The molecular weight excluding hydrogens is 291 g/mol. The van der Waals surface area contributed by atoms with Crippen LogP contribution in [0.1, 0.15) is 31.9 Å². The van der Waals surface area contributed by atoms with Crippen molar-refractivity contribution in [1.29, 1.82) is 0 Å². The number of benzene rings is 2. The molecule has 0 atom stereocenters. The molecule has 2 nitrogen and oxygen atoms in total. The van der Waals surface area contributed by atoms with E-state index in [2.05, 4.69) is 0 Å². The van der Waals surface area contributed by atoms with E-state index in [0.717, 1.165) is 22.4 Å². The van der Waals surface area contributed by atoms with Gasteiger partial charge in [0.15, 0.2) is 0 Å². The Morgan fingerprint density at radius 1 is 1.00 bits per heavy atom. The highest BCUT2D eigenvalue weighted by molar-refractivity contribution is 5.67. The Hall–Kier alpha value is -1.87. The normalized spacial score (nSPS) is 11.6. The van der Waals surface area contributed by atoms with Gasteiger partial charge in [-0.25, -0.2) is 4.39 Å². The van der Waals surface area contributed by atoms with Crippen LogP contribution in [0.2, 0.25) is 0 Å².